The number of benzene rings is 2. The van der Waals surface area contributed by atoms with Crippen molar-refractivity contribution < 1.29 is 14.3 Å². The summed E-state index contributed by atoms with van der Waals surface area (Å²) in [6.07, 6.45) is 2.98. The molecular weight excluding hydrogens is 406 g/mol. The van der Waals surface area contributed by atoms with Gasteiger partial charge >= 0.3 is 0 Å². The summed E-state index contributed by atoms with van der Waals surface area (Å²) in [6, 6.07) is 20.5. The van der Waals surface area contributed by atoms with Crippen LogP contribution in [0.4, 0.5) is 5.69 Å². The van der Waals surface area contributed by atoms with Gasteiger partial charge in [-0.15, -0.1) is 0 Å². The number of pyridine rings is 1. The molecule has 0 saturated carbocycles. The standard InChI is InChI=1S/C25H23N3O4/c1-18-10-11-23-26-15-22(25(30)28(23)16-18)24(29)27-20-7-5-6-19(14-20)17-31-12-13-32-21-8-3-2-4-9-21/h2-11,14-16H,12-13,17H2,1H3,(H,27,29). The Kier molecular flexibility index (Phi) is 6.57. The van der Waals surface area contributed by atoms with Crippen LogP contribution in [0.2, 0.25) is 0 Å². The van der Waals surface area contributed by atoms with Crippen LogP contribution in [0, 0.1) is 6.92 Å². The average molecular weight is 429 g/mol. The van der Waals surface area contributed by atoms with E-state index in [1.807, 2.05) is 61.5 Å². The predicted octanol–water partition coefficient (Wildman–Crippen LogP) is 3.85. The van der Waals surface area contributed by atoms with Crippen LogP contribution in [0.1, 0.15) is 21.5 Å². The normalized spacial score (nSPS) is 10.8. The molecule has 2 heterocycles. The van der Waals surface area contributed by atoms with Gasteiger partial charge in [-0.25, -0.2) is 4.98 Å². The van der Waals surface area contributed by atoms with Crippen molar-refractivity contribution >= 4 is 17.2 Å². The Morgan fingerprint density at radius 2 is 1.88 bits per heavy atom. The van der Waals surface area contributed by atoms with Gasteiger partial charge in [0.2, 0.25) is 0 Å². The van der Waals surface area contributed by atoms with Crippen LogP contribution in [0.3, 0.4) is 0 Å². The Balaban J connectivity index is 1.35. The van der Waals surface area contributed by atoms with Crippen LogP contribution >= 0.6 is 0 Å². The van der Waals surface area contributed by atoms with Crippen molar-refractivity contribution in [1.29, 1.82) is 0 Å². The number of carbonyl (C=O) groups excluding carboxylic acids is 1. The lowest BCUT2D eigenvalue weighted by molar-refractivity contribution is 0.0889. The summed E-state index contributed by atoms with van der Waals surface area (Å²) in [6.45, 7) is 3.13. The molecule has 4 aromatic rings. The number of amides is 1. The molecule has 0 aliphatic rings. The molecule has 4 rings (SSSR count). The fraction of sp³-hybridized carbons (Fsp3) is 0.160. The summed E-state index contributed by atoms with van der Waals surface area (Å²) < 4.78 is 12.6. The fourth-order valence-corrected chi connectivity index (χ4v) is 3.20. The highest BCUT2D eigenvalue weighted by Gasteiger charge is 2.14. The molecule has 7 heteroatoms. The molecule has 0 saturated heterocycles. The number of anilines is 1. The third kappa shape index (κ3) is 5.19. The second-order valence-corrected chi connectivity index (χ2v) is 7.28. The lowest BCUT2D eigenvalue weighted by atomic mass is 10.2. The van der Waals surface area contributed by atoms with Gasteiger partial charge in [0.25, 0.3) is 11.5 Å². The predicted molar refractivity (Wildman–Crippen MR) is 122 cm³/mol. The second kappa shape index (κ2) is 9.89. The Morgan fingerprint density at radius 1 is 1.03 bits per heavy atom. The third-order valence-electron chi connectivity index (χ3n) is 4.79. The lowest BCUT2D eigenvalue weighted by Crippen LogP contribution is -2.26. The van der Waals surface area contributed by atoms with Crippen LogP contribution < -0.4 is 15.6 Å². The number of hydrogen-bond acceptors (Lipinski definition) is 5. The van der Waals surface area contributed by atoms with E-state index in [1.54, 1.807) is 18.3 Å². The quantitative estimate of drug-likeness (QED) is 0.430. The van der Waals surface area contributed by atoms with E-state index in [2.05, 4.69) is 10.3 Å². The van der Waals surface area contributed by atoms with E-state index in [9.17, 15) is 9.59 Å². The first kappa shape index (κ1) is 21.3. The largest absolute Gasteiger partial charge is 0.491 e. The van der Waals surface area contributed by atoms with E-state index in [-0.39, 0.29) is 5.56 Å². The molecule has 1 N–H and O–H groups in total. The molecule has 0 aliphatic heterocycles. The molecule has 1 amide bonds. The number of aromatic nitrogens is 2. The summed E-state index contributed by atoms with van der Waals surface area (Å²) in [5.74, 6) is 0.294. The van der Waals surface area contributed by atoms with Crippen LogP contribution in [0.5, 0.6) is 5.75 Å². The number of rotatable bonds is 8. The minimum Gasteiger partial charge on any atom is -0.491 e. The average Bonchev–Trinajstić information content (AvgIpc) is 2.80. The minimum atomic E-state index is -0.507. The van der Waals surface area contributed by atoms with Crippen molar-refractivity contribution in [2.45, 2.75) is 13.5 Å². The molecule has 0 fully saturated rings. The molecule has 0 bridgehead atoms. The maximum absolute atomic E-state index is 12.7. The molecule has 162 valence electrons. The van der Waals surface area contributed by atoms with Crippen molar-refractivity contribution in [2.75, 3.05) is 18.5 Å². The zero-order valence-corrected chi connectivity index (χ0v) is 17.7. The van der Waals surface area contributed by atoms with Crippen LogP contribution in [-0.2, 0) is 11.3 Å². The van der Waals surface area contributed by atoms with Gasteiger partial charge in [-0.2, -0.15) is 0 Å². The molecule has 0 aliphatic carbocycles. The molecule has 0 spiro atoms. The van der Waals surface area contributed by atoms with E-state index < -0.39 is 11.5 Å². The van der Waals surface area contributed by atoms with Gasteiger partial charge in [-0.3, -0.25) is 14.0 Å². The van der Waals surface area contributed by atoms with Crippen LogP contribution in [-0.4, -0.2) is 28.5 Å². The number of nitrogens with one attached hydrogen (secondary N) is 1. The number of fused-ring (bicyclic) bond motifs is 1. The van der Waals surface area contributed by atoms with E-state index in [0.29, 0.717) is 31.2 Å². The van der Waals surface area contributed by atoms with Gasteiger partial charge in [-0.05, 0) is 48.4 Å². The smallest absolute Gasteiger partial charge is 0.270 e. The van der Waals surface area contributed by atoms with Crippen molar-refractivity contribution in [3.8, 4) is 5.75 Å². The first-order chi connectivity index (χ1) is 15.6. The van der Waals surface area contributed by atoms with Crippen molar-refractivity contribution in [2.24, 2.45) is 0 Å². The van der Waals surface area contributed by atoms with Gasteiger partial charge in [0.15, 0.2) is 0 Å². The van der Waals surface area contributed by atoms with Crippen molar-refractivity contribution in [3.05, 3.63) is 106 Å². The monoisotopic (exact) mass is 429 g/mol. The summed E-state index contributed by atoms with van der Waals surface area (Å²) in [5, 5.41) is 2.77. The van der Waals surface area contributed by atoms with E-state index in [4.69, 9.17) is 9.47 Å². The zero-order chi connectivity index (χ0) is 22.3. The van der Waals surface area contributed by atoms with Gasteiger partial charge in [0.1, 0.15) is 23.6 Å². The third-order valence-corrected chi connectivity index (χ3v) is 4.79. The van der Waals surface area contributed by atoms with E-state index in [1.165, 1.54) is 10.6 Å². The number of hydrogen-bond donors (Lipinski definition) is 1. The number of aryl methyl sites for hydroxylation is 1. The summed E-state index contributed by atoms with van der Waals surface area (Å²) in [5.41, 5.74) is 2.44. The number of nitrogens with zero attached hydrogens (tertiary/aromatic N) is 2. The van der Waals surface area contributed by atoms with Gasteiger partial charge in [0, 0.05) is 18.1 Å². The maximum atomic E-state index is 12.7. The number of carbonyl (C=O) groups is 1. The first-order valence-electron chi connectivity index (χ1n) is 10.2. The van der Waals surface area contributed by atoms with E-state index in [0.717, 1.165) is 16.9 Å². The van der Waals surface area contributed by atoms with Gasteiger partial charge in [0.05, 0.1) is 13.2 Å². The molecular formula is C25H23N3O4. The lowest BCUT2D eigenvalue weighted by Gasteiger charge is -2.09. The highest BCUT2D eigenvalue weighted by Crippen LogP contribution is 2.13. The fourth-order valence-electron chi connectivity index (χ4n) is 3.20. The Bertz CT molecular complexity index is 1290. The zero-order valence-electron chi connectivity index (χ0n) is 17.7. The van der Waals surface area contributed by atoms with E-state index >= 15 is 0 Å². The molecule has 0 radical (unpaired) electrons. The molecule has 0 unspecified atom stereocenters. The molecule has 2 aromatic carbocycles. The SMILES string of the molecule is Cc1ccc2ncc(C(=O)Nc3cccc(COCCOc4ccccc4)c3)c(=O)n2c1. The molecule has 2 aromatic heterocycles. The first-order valence-corrected chi connectivity index (χ1v) is 10.2. The summed E-state index contributed by atoms with van der Waals surface area (Å²) >= 11 is 0. The molecule has 32 heavy (non-hydrogen) atoms. The van der Waals surface area contributed by atoms with Crippen molar-refractivity contribution in [1.82, 2.24) is 9.38 Å². The molecule has 0 atom stereocenters. The van der Waals surface area contributed by atoms with Gasteiger partial charge < -0.3 is 14.8 Å². The highest BCUT2D eigenvalue weighted by atomic mass is 16.5. The second-order valence-electron chi connectivity index (χ2n) is 7.28. The van der Waals surface area contributed by atoms with Gasteiger partial charge in [-0.1, -0.05) is 36.4 Å². The number of para-hydroxylation sites is 1. The Morgan fingerprint density at radius 3 is 2.72 bits per heavy atom. The van der Waals surface area contributed by atoms with Crippen LogP contribution in [0.25, 0.3) is 5.65 Å². The Labute approximate surface area is 185 Å². The number of ether oxygens (including phenoxy) is 2. The van der Waals surface area contributed by atoms with Crippen LogP contribution in [0.15, 0.2) is 83.9 Å². The highest BCUT2D eigenvalue weighted by molar-refractivity contribution is 6.03. The maximum Gasteiger partial charge on any atom is 0.270 e. The molecule has 7 nitrogen and oxygen atoms in total. The van der Waals surface area contributed by atoms with Crippen molar-refractivity contribution in [3.63, 3.8) is 0 Å². The topological polar surface area (TPSA) is 81.9 Å². The Hall–Kier alpha value is -3.97. The minimum absolute atomic E-state index is 0.0205. The summed E-state index contributed by atoms with van der Waals surface area (Å²) in [4.78, 5) is 29.6. The summed E-state index contributed by atoms with van der Waals surface area (Å²) in [7, 11) is 0.